The van der Waals surface area contributed by atoms with E-state index in [0.717, 1.165) is 22.5 Å². The number of nitro groups is 1. The van der Waals surface area contributed by atoms with E-state index >= 15 is 0 Å². The second-order valence-electron chi connectivity index (χ2n) is 6.47. The highest BCUT2D eigenvalue weighted by molar-refractivity contribution is 6.05. The standard InChI is InChI=1S/C21H21N2O2/c1-4-14-21(2)18-15-17(23(24)25)11-12-19(18)22(3)20(21)13-10-16-8-6-5-7-9-16/h4-13,15H,1,14H2,2-3H3/q+1. The third kappa shape index (κ3) is 2.91. The van der Waals surface area contributed by atoms with Crippen molar-refractivity contribution in [3.8, 4) is 0 Å². The second kappa shape index (κ2) is 6.48. The van der Waals surface area contributed by atoms with Gasteiger partial charge in [-0.15, -0.1) is 6.58 Å². The van der Waals surface area contributed by atoms with E-state index in [4.69, 9.17) is 0 Å². The van der Waals surface area contributed by atoms with Gasteiger partial charge in [0.05, 0.1) is 10.3 Å². The van der Waals surface area contributed by atoms with Gasteiger partial charge in [-0.2, -0.15) is 4.58 Å². The molecule has 0 N–H and O–H groups in total. The Bertz CT molecular complexity index is 897. The van der Waals surface area contributed by atoms with Crippen molar-refractivity contribution in [2.75, 3.05) is 7.05 Å². The van der Waals surface area contributed by atoms with Crippen molar-refractivity contribution in [3.63, 3.8) is 0 Å². The second-order valence-corrected chi connectivity index (χ2v) is 6.47. The fourth-order valence-electron chi connectivity index (χ4n) is 3.55. The van der Waals surface area contributed by atoms with Gasteiger partial charge in [0.1, 0.15) is 7.05 Å². The molecule has 0 radical (unpaired) electrons. The molecule has 0 saturated carbocycles. The Balaban J connectivity index is 2.11. The molecular formula is C21H21N2O2+. The normalized spacial score (nSPS) is 19.3. The van der Waals surface area contributed by atoms with Crippen LogP contribution in [0.4, 0.5) is 11.4 Å². The van der Waals surface area contributed by atoms with Crippen LogP contribution in [0.15, 0.2) is 67.3 Å². The summed E-state index contributed by atoms with van der Waals surface area (Å²) in [4.78, 5) is 10.9. The van der Waals surface area contributed by atoms with Crippen LogP contribution in [0.5, 0.6) is 0 Å². The van der Waals surface area contributed by atoms with Gasteiger partial charge in [-0.3, -0.25) is 10.1 Å². The van der Waals surface area contributed by atoms with Crippen LogP contribution in [0.1, 0.15) is 24.5 Å². The lowest BCUT2D eigenvalue weighted by atomic mass is 9.76. The largest absolute Gasteiger partial charge is 0.270 e. The van der Waals surface area contributed by atoms with Crippen LogP contribution >= 0.6 is 0 Å². The van der Waals surface area contributed by atoms with E-state index in [-0.39, 0.29) is 16.0 Å². The number of non-ortho nitro benzene ring substituents is 1. The minimum Gasteiger partial charge on any atom is -0.258 e. The van der Waals surface area contributed by atoms with Gasteiger partial charge >= 0.3 is 0 Å². The van der Waals surface area contributed by atoms with Crippen LogP contribution in [-0.2, 0) is 5.41 Å². The topological polar surface area (TPSA) is 46.1 Å². The molecule has 0 aliphatic carbocycles. The molecule has 4 heteroatoms. The average Bonchev–Trinajstić information content (AvgIpc) is 2.81. The zero-order chi connectivity index (χ0) is 18.0. The summed E-state index contributed by atoms with van der Waals surface area (Å²) >= 11 is 0. The average molecular weight is 333 g/mol. The number of hydrogen-bond donors (Lipinski definition) is 0. The van der Waals surface area contributed by atoms with Gasteiger partial charge < -0.3 is 0 Å². The number of hydrogen-bond acceptors (Lipinski definition) is 2. The Kier molecular flexibility index (Phi) is 4.36. The van der Waals surface area contributed by atoms with E-state index < -0.39 is 0 Å². The van der Waals surface area contributed by atoms with E-state index in [2.05, 4.69) is 42.4 Å². The van der Waals surface area contributed by atoms with Gasteiger partial charge in [0.25, 0.3) is 5.69 Å². The maximum absolute atomic E-state index is 11.2. The molecule has 0 amide bonds. The lowest BCUT2D eigenvalue weighted by Gasteiger charge is -2.20. The fourth-order valence-corrected chi connectivity index (χ4v) is 3.55. The third-order valence-electron chi connectivity index (χ3n) is 4.86. The van der Waals surface area contributed by atoms with Gasteiger partial charge in [0, 0.05) is 29.8 Å². The van der Waals surface area contributed by atoms with Crippen molar-refractivity contribution in [1.29, 1.82) is 0 Å². The van der Waals surface area contributed by atoms with E-state index in [1.54, 1.807) is 12.1 Å². The minimum absolute atomic E-state index is 0.121. The Labute approximate surface area is 147 Å². The summed E-state index contributed by atoms with van der Waals surface area (Å²) in [6, 6.07) is 15.2. The molecule has 0 bridgehead atoms. The SMILES string of the molecule is C=CCC1(C)C(C=Cc2ccccc2)=[N+](C)c2ccc([N+](=O)[O-])cc21. The molecule has 0 aromatic heterocycles. The zero-order valence-electron chi connectivity index (χ0n) is 14.5. The van der Waals surface area contributed by atoms with E-state index in [1.807, 2.05) is 37.4 Å². The molecule has 2 aromatic carbocycles. The monoisotopic (exact) mass is 333 g/mol. The Morgan fingerprint density at radius 3 is 2.56 bits per heavy atom. The minimum atomic E-state index is -0.344. The van der Waals surface area contributed by atoms with Gasteiger partial charge in [0.2, 0.25) is 5.69 Å². The first-order valence-corrected chi connectivity index (χ1v) is 8.21. The third-order valence-corrected chi connectivity index (χ3v) is 4.86. The predicted octanol–water partition coefficient (Wildman–Crippen LogP) is 4.87. The summed E-state index contributed by atoms with van der Waals surface area (Å²) in [5.74, 6) is 0. The van der Waals surface area contributed by atoms with Crippen molar-refractivity contribution in [3.05, 3.63) is 88.5 Å². The molecule has 0 spiro atoms. The molecule has 3 rings (SSSR count). The first-order valence-electron chi connectivity index (χ1n) is 8.21. The van der Waals surface area contributed by atoms with E-state index in [9.17, 15) is 10.1 Å². The molecule has 1 aliphatic rings. The Morgan fingerprint density at radius 2 is 1.92 bits per heavy atom. The molecular weight excluding hydrogens is 312 g/mol. The van der Waals surface area contributed by atoms with Gasteiger partial charge in [0.15, 0.2) is 5.71 Å². The van der Waals surface area contributed by atoms with Crippen molar-refractivity contribution >= 4 is 23.2 Å². The summed E-state index contributed by atoms with van der Waals surface area (Å²) in [7, 11) is 2.00. The molecule has 0 saturated heterocycles. The molecule has 126 valence electrons. The van der Waals surface area contributed by atoms with E-state index in [0.29, 0.717) is 6.42 Å². The summed E-state index contributed by atoms with van der Waals surface area (Å²) in [5.41, 5.74) is 3.97. The summed E-state index contributed by atoms with van der Waals surface area (Å²) in [6.07, 6.45) is 6.76. The van der Waals surface area contributed by atoms with Crippen LogP contribution in [0.3, 0.4) is 0 Å². The van der Waals surface area contributed by atoms with Crippen LogP contribution in [0.2, 0.25) is 0 Å². The quantitative estimate of drug-likeness (QED) is 0.339. The molecule has 0 fully saturated rings. The maximum Gasteiger partial charge on any atom is 0.270 e. The zero-order valence-corrected chi connectivity index (χ0v) is 14.5. The van der Waals surface area contributed by atoms with E-state index in [1.165, 1.54) is 0 Å². The smallest absolute Gasteiger partial charge is 0.258 e. The molecule has 1 unspecified atom stereocenters. The number of nitrogens with zero attached hydrogens (tertiary/aromatic N) is 2. The molecule has 2 aromatic rings. The van der Waals surface area contributed by atoms with Gasteiger partial charge in [-0.05, 0) is 25.0 Å². The van der Waals surface area contributed by atoms with Crippen LogP contribution in [0.25, 0.3) is 6.08 Å². The highest BCUT2D eigenvalue weighted by Gasteiger charge is 2.46. The molecule has 1 aliphatic heterocycles. The molecule has 1 atom stereocenters. The summed E-state index contributed by atoms with van der Waals surface area (Å²) in [6.45, 7) is 6.00. The van der Waals surface area contributed by atoms with Crippen LogP contribution < -0.4 is 0 Å². The first kappa shape index (κ1) is 16.8. The Morgan fingerprint density at radius 1 is 1.20 bits per heavy atom. The van der Waals surface area contributed by atoms with Crippen molar-refractivity contribution < 1.29 is 9.50 Å². The van der Waals surface area contributed by atoms with Crippen molar-refractivity contribution in [2.24, 2.45) is 0 Å². The Hall–Kier alpha value is -3.01. The molecule has 4 nitrogen and oxygen atoms in total. The lowest BCUT2D eigenvalue weighted by molar-refractivity contribution is -0.402. The number of fused-ring (bicyclic) bond motifs is 1. The van der Waals surface area contributed by atoms with Crippen LogP contribution in [-0.4, -0.2) is 22.3 Å². The number of nitro benzene ring substituents is 1. The van der Waals surface area contributed by atoms with Gasteiger partial charge in [-0.25, -0.2) is 0 Å². The van der Waals surface area contributed by atoms with Crippen LogP contribution in [0, 0.1) is 10.1 Å². The first-order chi connectivity index (χ1) is 12.0. The fraction of sp³-hybridized carbons (Fsp3) is 0.190. The number of benzene rings is 2. The highest BCUT2D eigenvalue weighted by Crippen LogP contribution is 2.43. The molecule has 25 heavy (non-hydrogen) atoms. The number of rotatable bonds is 5. The number of allylic oxidation sites excluding steroid dienone is 2. The van der Waals surface area contributed by atoms with Gasteiger partial charge in [-0.1, -0.05) is 36.4 Å². The molecule has 1 heterocycles. The maximum atomic E-state index is 11.2. The lowest BCUT2D eigenvalue weighted by Crippen LogP contribution is -2.30. The summed E-state index contributed by atoms with van der Waals surface area (Å²) < 4.78 is 2.11. The summed E-state index contributed by atoms with van der Waals surface area (Å²) in [5, 5.41) is 11.2. The van der Waals surface area contributed by atoms with Crippen molar-refractivity contribution in [2.45, 2.75) is 18.8 Å². The van der Waals surface area contributed by atoms with Crippen molar-refractivity contribution in [1.82, 2.24) is 0 Å². The highest BCUT2D eigenvalue weighted by atomic mass is 16.6. The predicted molar refractivity (Wildman–Crippen MR) is 102 cm³/mol.